The van der Waals surface area contributed by atoms with Gasteiger partial charge in [-0.3, -0.25) is 19.4 Å². The number of carbonyl (C=O) groups excluding carboxylic acids is 2. The highest BCUT2D eigenvalue weighted by Gasteiger charge is 2.35. The number of nitrogens with one attached hydrogen (secondary N) is 3. The number of H-pyrrole nitrogens is 1. The second kappa shape index (κ2) is 8.30. The van der Waals surface area contributed by atoms with Crippen LogP contribution in [0, 0.1) is 5.92 Å². The van der Waals surface area contributed by atoms with Crippen molar-refractivity contribution in [1.29, 1.82) is 0 Å². The third-order valence-corrected chi connectivity index (χ3v) is 5.84. The van der Waals surface area contributed by atoms with Gasteiger partial charge < -0.3 is 15.5 Å². The van der Waals surface area contributed by atoms with Gasteiger partial charge in [0.1, 0.15) is 5.82 Å². The summed E-state index contributed by atoms with van der Waals surface area (Å²) >= 11 is 0. The number of aromatic nitrogens is 2. The van der Waals surface area contributed by atoms with Crippen LogP contribution in [0.4, 0.5) is 17.5 Å². The Labute approximate surface area is 175 Å². The summed E-state index contributed by atoms with van der Waals surface area (Å²) in [4.78, 5) is 47.5. The van der Waals surface area contributed by atoms with E-state index < -0.39 is 5.92 Å². The summed E-state index contributed by atoms with van der Waals surface area (Å²) in [7, 11) is 0. The van der Waals surface area contributed by atoms with E-state index in [1.165, 1.54) is 0 Å². The number of fused-ring (bicyclic) bond motifs is 1. The smallest absolute Gasteiger partial charge is 0.258 e. The van der Waals surface area contributed by atoms with Crippen LogP contribution in [0.5, 0.6) is 0 Å². The maximum Gasteiger partial charge on any atom is 0.258 e. The average Bonchev–Trinajstić information content (AvgIpc) is 2.73. The zero-order valence-corrected chi connectivity index (χ0v) is 17.3. The Hall–Kier alpha value is -3.16. The van der Waals surface area contributed by atoms with Crippen molar-refractivity contribution in [3.63, 3.8) is 0 Å². The first-order chi connectivity index (χ1) is 14.4. The molecule has 2 amide bonds. The summed E-state index contributed by atoms with van der Waals surface area (Å²) in [6, 6.07) is 7.53. The van der Waals surface area contributed by atoms with E-state index in [1.54, 1.807) is 0 Å². The molecule has 3 heterocycles. The van der Waals surface area contributed by atoms with Crippen LogP contribution < -0.4 is 21.1 Å². The molecular formula is C22H27N5O3. The van der Waals surface area contributed by atoms with E-state index in [2.05, 4.69) is 34.4 Å². The van der Waals surface area contributed by atoms with E-state index in [9.17, 15) is 14.4 Å². The molecule has 1 aromatic heterocycles. The van der Waals surface area contributed by atoms with E-state index in [0.717, 1.165) is 37.9 Å². The number of benzene rings is 1. The molecule has 158 valence electrons. The Bertz CT molecular complexity index is 1010. The van der Waals surface area contributed by atoms with Crippen molar-refractivity contribution in [1.82, 2.24) is 9.97 Å². The minimum atomic E-state index is -0.884. The van der Waals surface area contributed by atoms with Crippen LogP contribution >= 0.6 is 0 Å². The maximum absolute atomic E-state index is 12.9. The van der Waals surface area contributed by atoms with Crippen molar-refractivity contribution in [2.45, 2.75) is 45.4 Å². The molecule has 0 saturated carbocycles. The number of carbonyl (C=O) groups is 2. The Morgan fingerprint density at radius 2 is 2.03 bits per heavy atom. The molecule has 30 heavy (non-hydrogen) atoms. The van der Waals surface area contributed by atoms with E-state index in [4.69, 9.17) is 0 Å². The van der Waals surface area contributed by atoms with E-state index in [1.807, 2.05) is 29.2 Å². The number of hydrogen-bond donors (Lipinski definition) is 3. The highest BCUT2D eigenvalue weighted by atomic mass is 16.2. The summed E-state index contributed by atoms with van der Waals surface area (Å²) < 4.78 is 0. The lowest BCUT2D eigenvalue weighted by atomic mass is 9.92. The number of amides is 2. The lowest BCUT2D eigenvalue weighted by Gasteiger charge is -2.32. The van der Waals surface area contributed by atoms with Gasteiger partial charge in [0.05, 0.1) is 11.5 Å². The molecule has 8 nitrogen and oxygen atoms in total. The first kappa shape index (κ1) is 20.1. The standard InChI is InChI=1S/C22H27N5O3/c1-3-14-6-8-15(9-7-14)23-20(29)16-11-17(28)24-19-18(16)21(30)26-22(25-19)27-10-4-5-13(2)12-27/h6-9,13,16H,3-5,10-12H2,1-2H3,(H,23,29)(H2,24,25,26,28,30). The lowest BCUT2D eigenvalue weighted by Crippen LogP contribution is -2.40. The van der Waals surface area contributed by atoms with Crippen molar-refractivity contribution >= 4 is 29.3 Å². The Morgan fingerprint density at radius 3 is 2.73 bits per heavy atom. The zero-order chi connectivity index (χ0) is 21.3. The Balaban J connectivity index is 1.61. The van der Waals surface area contributed by atoms with Crippen LogP contribution in [-0.2, 0) is 16.0 Å². The molecule has 0 spiro atoms. The van der Waals surface area contributed by atoms with Crippen molar-refractivity contribution in [3.8, 4) is 0 Å². The molecule has 2 atom stereocenters. The number of hydrogen-bond acceptors (Lipinski definition) is 5. The summed E-state index contributed by atoms with van der Waals surface area (Å²) in [6.45, 7) is 5.83. The minimum Gasteiger partial charge on any atom is -0.342 e. The first-order valence-corrected chi connectivity index (χ1v) is 10.5. The Morgan fingerprint density at radius 1 is 1.27 bits per heavy atom. The number of rotatable bonds is 4. The quantitative estimate of drug-likeness (QED) is 0.720. The van der Waals surface area contributed by atoms with Crippen LogP contribution in [0.25, 0.3) is 0 Å². The molecule has 2 aliphatic heterocycles. The molecule has 0 radical (unpaired) electrons. The molecule has 3 N–H and O–H groups in total. The van der Waals surface area contributed by atoms with Gasteiger partial charge in [-0.15, -0.1) is 0 Å². The topological polar surface area (TPSA) is 107 Å². The van der Waals surface area contributed by atoms with Crippen molar-refractivity contribution in [2.24, 2.45) is 5.92 Å². The molecule has 0 aliphatic carbocycles. The van der Waals surface area contributed by atoms with Gasteiger partial charge in [-0.1, -0.05) is 26.0 Å². The lowest BCUT2D eigenvalue weighted by molar-refractivity contribution is -0.123. The van der Waals surface area contributed by atoms with Gasteiger partial charge in [-0.2, -0.15) is 4.98 Å². The molecule has 1 aromatic carbocycles. The zero-order valence-electron chi connectivity index (χ0n) is 17.3. The van der Waals surface area contributed by atoms with Gasteiger partial charge in [0.25, 0.3) is 5.56 Å². The third kappa shape index (κ3) is 4.08. The number of nitrogens with zero attached hydrogens (tertiary/aromatic N) is 2. The van der Waals surface area contributed by atoms with Crippen LogP contribution in [0.3, 0.4) is 0 Å². The minimum absolute atomic E-state index is 0.0866. The predicted octanol–water partition coefficient (Wildman–Crippen LogP) is 2.63. The fraction of sp³-hybridized carbons (Fsp3) is 0.455. The summed E-state index contributed by atoms with van der Waals surface area (Å²) in [5, 5.41) is 5.50. The fourth-order valence-corrected chi connectivity index (χ4v) is 4.17. The van der Waals surface area contributed by atoms with Crippen molar-refractivity contribution in [2.75, 3.05) is 28.6 Å². The van der Waals surface area contributed by atoms with Gasteiger partial charge in [-0.25, -0.2) is 0 Å². The molecule has 0 bridgehead atoms. The summed E-state index contributed by atoms with van der Waals surface area (Å²) in [5.41, 5.74) is 1.63. The van der Waals surface area contributed by atoms with Crippen LogP contribution in [0.2, 0.25) is 0 Å². The molecule has 1 fully saturated rings. The number of aromatic amines is 1. The molecule has 4 rings (SSSR count). The summed E-state index contributed by atoms with van der Waals surface area (Å²) in [5.74, 6) is -0.453. The Kier molecular flexibility index (Phi) is 5.57. The van der Waals surface area contributed by atoms with Crippen LogP contribution in [0.15, 0.2) is 29.1 Å². The molecule has 8 heteroatoms. The highest BCUT2D eigenvalue weighted by molar-refractivity contribution is 6.04. The van der Waals surface area contributed by atoms with Crippen LogP contribution in [0.1, 0.15) is 50.2 Å². The monoisotopic (exact) mass is 409 g/mol. The average molecular weight is 409 g/mol. The maximum atomic E-state index is 12.9. The van der Waals surface area contributed by atoms with Gasteiger partial charge >= 0.3 is 0 Å². The second-order valence-corrected chi connectivity index (χ2v) is 8.19. The first-order valence-electron chi connectivity index (χ1n) is 10.5. The van der Waals surface area contributed by atoms with Crippen molar-refractivity contribution < 1.29 is 9.59 Å². The van der Waals surface area contributed by atoms with Gasteiger partial charge in [0.15, 0.2) is 0 Å². The second-order valence-electron chi connectivity index (χ2n) is 8.19. The van der Waals surface area contributed by atoms with E-state index in [0.29, 0.717) is 17.6 Å². The predicted molar refractivity (Wildman–Crippen MR) is 116 cm³/mol. The third-order valence-electron chi connectivity index (χ3n) is 5.84. The molecule has 2 aliphatic rings. The molecular weight excluding hydrogens is 382 g/mol. The fourth-order valence-electron chi connectivity index (χ4n) is 4.17. The van der Waals surface area contributed by atoms with Gasteiger partial charge in [0, 0.05) is 25.2 Å². The molecule has 1 saturated heterocycles. The number of piperidine rings is 1. The molecule has 2 unspecified atom stereocenters. The SMILES string of the molecule is CCc1ccc(NC(=O)C2CC(=O)Nc3nc(N4CCCC(C)C4)[nH]c(=O)c32)cc1. The summed E-state index contributed by atoms with van der Waals surface area (Å²) in [6.07, 6.45) is 2.99. The largest absolute Gasteiger partial charge is 0.342 e. The normalized spacial score (nSPS) is 21.0. The van der Waals surface area contributed by atoms with Crippen LogP contribution in [-0.4, -0.2) is 34.9 Å². The highest BCUT2D eigenvalue weighted by Crippen LogP contribution is 2.31. The number of aryl methyl sites for hydroxylation is 1. The van der Waals surface area contributed by atoms with Gasteiger partial charge in [-0.05, 0) is 42.9 Å². The van der Waals surface area contributed by atoms with E-state index >= 15 is 0 Å². The van der Waals surface area contributed by atoms with Gasteiger partial charge in [0.2, 0.25) is 17.8 Å². The van der Waals surface area contributed by atoms with E-state index in [-0.39, 0.29) is 35.2 Å². The molecule has 2 aromatic rings. The van der Waals surface area contributed by atoms with Crippen molar-refractivity contribution in [3.05, 3.63) is 45.7 Å². The number of anilines is 3.